The average Bonchev–Trinajstić information content (AvgIpc) is 2.93. The van der Waals surface area contributed by atoms with Crippen LogP contribution >= 0.6 is 0 Å². The number of halogens is 1. The van der Waals surface area contributed by atoms with Gasteiger partial charge in [-0.25, -0.2) is 4.39 Å². The first-order valence-corrected chi connectivity index (χ1v) is 9.27. The molecule has 4 rings (SSSR count). The number of hydrogen-bond donors (Lipinski definition) is 0. The summed E-state index contributed by atoms with van der Waals surface area (Å²) in [6.45, 7) is 3.33. The van der Waals surface area contributed by atoms with Gasteiger partial charge in [0.15, 0.2) is 5.78 Å². The third kappa shape index (κ3) is 3.52. The first-order valence-electron chi connectivity index (χ1n) is 9.27. The van der Waals surface area contributed by atoms with E-state index < -0.39 is 0 Å². The van der Waals surface area contributed by atoms with Crippen molar-refractivity contribution in [3.8, 4) is 0 Å². The van der Waals surface area contributed by atoms with Crippen LogP contribution in [-0.2, 0) is 0 Å². The van der Waals surface area contributed by atoms with E-state index in [1.807, 2.05) is 0 Å². The highest BCUT2D eigenvalue weighted by Crippen LogP contribution is 2.51. The highest BCUT2D eigenvalue weighted by Gasteiger charge is 2.46. The fraction of sp³-hybridized carbons (Fsp3) is 0.409. The topological polar surface area (TPSA) is 20.3 Å². The van der Waals surface area contributed by atoms with Crippen molar-refractivity contribution in [2.75, 3.05) is 19.6 Å². The Bertz CT molecular complexity index is 727. The monoisotopic (exact) mass is 337 g/mol. The summed E-state index contributed by atoms with van der Waals surface area (Å²) in [6.07, 6.45) is 2.73. The molecule has 3 atom stereocenters. The van der Waals surface area contributed by atoms with Gasteiger partial charge in [0.2, 0.25) is 0 Å². The second-order valence-electron chi connectivity index (χ2n) is 7.47. The van der Waals surface area contributed by atoms with Crippen LogP contribution in [-0.4, -0.2) is 30.3 Å². The second kappa shape index (κ2) is 7.09. The maximum absolute atomic E-state index is 12.9. The zero-order chi connectivity index (χ0) is 17.2. The number of ketones is 1. The lowest BCUT2D eigenvalue weighted by Gasteiger charge is -2.40. The Kier molecular flexibility index (Phi) is 4.67. The molecule has 3 heteroatoms. The van der Waals surface area contributed by atoms with E-state index in [2.05, 4.69) is 35.2 Å². The fourth-order valence-electron chi connectivity index (χ4n) is 4.51. The number of carbonyl (C=O) groups excluding carboxylic acids is 1. The van der Waals surface area contributed by atoms with Crippen LogP contribution in [0.2, 0.25) is 0 Å². The van der Waals surface area contributed by atoms with Gasteiger partial charge in [-0.2, -0.15) is 0 Å². The van der Waals surface area contributed by atoms with Gasteiger partial charge >= 0.3 is 0 Å². The van der Waals surface area contributed by atoms with Gasteiger partial charge in [-0.1, -0.05) is 30.3 Å². The molecule has 2 unspecified atom stereocenters. The molecule has 0 aromatic heterocycles. The molecule has 1 aliphatic heterocycles. The first kappa shape index (κ1) is 16.5. The van der Waals surface area contributed by atoms with Gasteiger partial charge in [0.25, 0.3) is 0 Å². The molecule has 2 nitrogen and oxygen atoms in total. The van der Waals surface area contributed by atoms with Crippen molar-refractivity contribution < 1.29 is 9.18 Å². The molecule has 2 fully saturated rings. The number of carbonyl (C=O) groups is 1. The molecule has 0 spiro atoms. The van der Waals surface area contributed by atoms with Gasteiger partial charge in [-0.3, -0.25) is 4.79 Å². The van der Waals surface area contributed by atoms with E-state index in [1.165, 1.54) is 30.7 Å². The summed E-state index contributed by atoms with van der Waals surface area (Å²) in [7, 11) is 0. The summed E-state index contributed by atoms with van der Waals surface area (Å²) in [5, 5.41) is 0. The Labute approximate surface area is 148 Å². The van der Waals surface area contributed by atoms with E-state index in [4.69, 9.17) is 0 Å². The van der Waals surface area contributed by atoms with Crippen molar-refractivity contribution in [3.63, 3.8) is 0 Å². The summed E-state index contributed by atoms with van der Waals surface area (Å²) >= 11 is 0. The van der Waals surface area contributed by atoms with E-state index in [0.29, 0.717) is 12.0 Å². The van der Waals surface area contributed by atoms with Crippen molar-refractivity contribution in [2.45, 2.75) is 25.2 Å². The molecule has 130 valence electrons. The van der Waals surface area contributed by atoms with Gasteiger partial charge < -0.3 is 4.90 Å². The molecule has 0 radical (unpaired) electrons. The minimum absolute atomic E-state index is 0.115. The number of Topliss-reactive ketones (excluding diaryl/α,β-unsaturated/α-hetero) is 1. The van der Waals surface area contributed by atoms with Crippen LogP contribution in [0, 0.1) is 17.7 Å². The van der Waals surface area contributed by atoms with E-state index in [9.17, 15) is 9.18 Å². The van der Waals surface area contributed by atoms with Crippen LogP contribution in [0.1, 0.15) is 41.1 Å². The summed E-state index contributed by atoms with van der Waals surface area (Å²) in [4.78, 5) is 14.7. The molecule has 1 aliphatic carbocycles. The standard InChI is InChI=1S/C22H24FNO/c23-19-10-8-17(9-11-19)22(25)7-4-12-24-14-18-13-20(21(18)15-24)16-5-2-1-3-6-16/h1-3,5-6,8-11,18,20-21H,4,7,12-15H2/t18?,20-,21?/m1/s1. The van der Waals surface area contributed by atoms with Crippen LogP contribution < -0.4 is 0 Å². The molecule has 0 amide bonds. The van der Waals surface area contributed by atoms with Gasteiger partial charge in [-0.15, -0.1) is 0 Å². The van der Waals surface area contributed by atoms with Crippen LogP contribution in [0.15, 0.2) is 54.6 Å². The van der Waals surface area contributed by atoms with E-state index in [1.54, 1.807) is 12.1 Å². The lowest BCUT2D eigenvalue weighted by Crippen LogP contribution is -2.33. The van der Waals surface area contributed by atoms with E-state index in [0.717, 1.165) is 37.3 Å². The molecule has 0 N–H and O–H groups in total. The molecular formula is C22H24FNO. The van der Waals surface area contributed by atoms with Crippen molar-refractivity contribution in [2.24, 2.45) is 11.8 Å². The Morgan fingerprint density at radius 1 is 1.04 bits per heavy atom. The molecule has 2 aliphatic rings. The second-order valence-corrected chi connectivity index (χ2v) is 7.47. The molecule has 1 saturated carbocycles. The van der Waals surface area contributed by atoms with Crippen LogP contribution in [0.5, 0.6) is 0 Å². The van der Waals surface area contributed by atoms with Crippen LogP contribution in [0.25, 0.3) is 0 Å². The molecule has 2 aromatic rings. The Hall–Kier alpha value is -2.00. The van der Waals surface area contributed by atoms with Crippen LogP contribution in [0.3, 0.4) is 0 Å². The normalized spacial score (nSPS) is 25.4. The number of fused-ring (bicyclic) bond motifs is 1. The largest absolute Gasteiger partial charge is 0.303 e. The third-order valence-corrected chi connectivity index (χ3v) is 5.91. The van der Waals surface area contributed by atoms with Gasteiger partial charge in [0, 0.05) is 25.1 Å². The van der Waals surface area contributed by atoms with Gasteiger partial charge in [0.05, 0.1) is 0 Å². The molecule has 1 saturated heterocycles. The number of benzene rings is 2. The van der Waals surface area contributed by atoms with Crippen molar-refractivity contribution in [3.05, 3.63) is 71.5 Å². The molecule has 25 heavy (non-hydrogen) atoms. The summed E-state index contributed by atoms with van der Waals surface area (Å²) < 4.78 is 12.9. The van der Waals surface area contributed by atoms with Crippen LogP contribution in [0.4, 0.5) is 4.39 Å². The lowest BCUT2D eigenvalue weighted by atomic mass is 9.64. The number of likely N-dealkylation sites (tertiary alicyclic amines) is 1. The maximum Gasteiger partial charge on any atom is 0.162 e. The minimum atomic E-state index is -0.294. The average molecular weight is 337 g/mol. The number of nitrogens with zero attached hydrogens (tertiary/aromatic N) is 1. The van der Waals surface area contributed by atoms with Crippen molar-refractivity contribution in [1.82, 2.24) is 4.90 Å². The highest BCUT2D eigenvalue weighted by atomic mass is 19.1. The Morgan fingerprint density at radius 2 is 1.80 bits per heavy atom. The van der Waals surface area contributed by atoms with Gasteiger partial charge in [-0.05, 0) is 67.0 Å². The smallest absolute Gasteiger partial charge is 0.162 e. The quantitative estimate of drug-likeness (QED) is 0.722. The zero-order valence-corrected chi connectivity index (χ0v) is 14.4. The number of hydrogen-bond acceptors (Lipinski definition) is 2. The molecule has 2 aromatic carbocycles. The molecule has 1 heterocycles. The highest BCUT2D eigenvalue weighted by molar-refractivity contribution is 5.95. The van der Waals surface area contributed by atoms with E-state index in [-0.39, 0.29) is 11.6 Å². The summed E-state index contributed by atoms with van der Waals surface area (Å²) in [5.74, 6) is 2.16. The third-order valence-electron chi connectivity index (χ3n) is 5.91. The Morgan fingerprint density at radius 3 is 2.56 bits per heavy atom. The zero-order valence-electron chi connectivity index (χ0n) is 14.4. The maximum atomic E-state index is 12.9. The minimum Gasteiger partial charge on any atom is -0.303 e. The molecular weight excluding hydrogens is 313 g/mol. The SMILES string of the molecule is O=C(CCCN1CC2C[C@H](c3ccccc3)C2C1)c1ccc(F)cc1. The van der Waals surface area contributed by atoms with Crippen molar-refractivity contribution >= 4 is 5.78 Å². The first-order chi connectivity index (χ1) is 12.2. The summed E-state index contributed by atoms with van der Waals surface area (Å²) in [5.41, 5.74) is 2.10. The van der Waals surface area contributed by atoms with Gasteiger partial charge in [0.1, 0.15) is 5.82 Å². The lowest BCUT2D eigenvalue weighted by molar-refractivity contribution is 0.0976. The number of rotatable bonds is 6. The Balaban J connectivity index is 1.24. The summed E-state index contributed by atoms with van der Waals surface area (Å²) in [6, 6.07) is 16.7. The predicted molar refractivity (Wildman–Crippen MR) is 97.2 cm³/mol. The van der Waals surface area contributed by atoms with E-state index >= 15 is 0 Å². The fourth-order valence-corrected chi connectivity index (χ4v) is 4.51. The van der Waals surface area contributed by atoms with Crippen molar-refractivity contribution in [1.29, 1.82) is 0 Å². The predicted octanol–water partition coefficient (Wildman–Crippen LogP) is 4.52. The molecule has 0 bridgehead atoms.